The molecule has 0 aromatic heterocycles. The Bertz CT molecular complexity index is 392. The molecule has 8 heteroatoms. The van der Waals surface area contributed by atoms with E-state index in [0.29, 0.717) is 12.8 Å². The average Bonchev–Trinajstić information content (AvgIpc) is 2.32. The summed E-state index contributed by atoms with van der Waals surface area (Å²) in [6.45, 7) is 3.50. The molecule has 0 aliphatic rings. The van der Waals surface area contributed by atoms with Gasteiger partial charge in [0, 0.05) is 6.54 Å². The van der Waals surface area contributed by atoms with E-state index in [1.54, 1.807) is 6.92 Å². The Kier molecular flexibility index (Phi) is 8.33. The average molecular weight is 295 g/mol. The van der Waals surface area contributed by atoms with E-state index in [4.69, 9.17) is 5.11 Å². The fourth-order valence-corrected chi connectivity index (χ4v) is 2.45. The monoisotopic (exact) mass is 295 g/mol. The largest absolute Gasteiger partial charge is 0.481 e. The molecular weight excluding hydrogens is 274 g/mol. The summed E-state index contributed by atoms with van der Waals surface area (Å²) in [7, 11) is -3.66. The van der Waals surface area contributed by atoms with Crippen molar-refractivity contribution < 1.29 is 27.9 Å². The van der Waals surface area contributed by atoms with Gasteiger partial charge < -0.3 is 9.84 Å². The van der Waals surface area contributed by atoms with E-state index in [2.05, 4.69) is 9.46 Å². The molecule has 1 unspecified atom stereocenters. The number of carbonyl (C=O) groups excluding carboxylic acids is 1. The van der Waals surface area contributed by atoms with E-state index in [1.807, 2.05) is 6.92 Å². The molecule has 0 amide bonds. The predicted molar refractivity (Wildman–Crippen MR) is 69.1 cm³/mol. The van der Waals surface area contributed by atoms with Gasteiger partial charge in [-0.2, -0.15) is 0 Å². The lowest BCUT2D eigenvalue weighted by Gasteiger charge is -2.12. The summed E-state index contributed by atoms with van der Waals surface area (Å²) in [4.78, 5) is 21.9. The number of carboxylic acid groups (broad SMARTS) is 1. The van der Waals surface area contributed by atoms with Crippen molar-refractivity contribution in [1.29, 1.82) is 0 Å². The number of sulfonamides is 1. The van der Waals surface area contributed by atoms with Crippen LogP contribution >= 0.6 is 0 Å². The lowest BCUT2D eigenvalue weighted by atomic mass is 10.1. The molecule has 0 heterocycles. The zero-order valence-electron chi connectivity index (χ0n) is 11.2. The Morgan fingerprint density at radius 2 is 1.95 bits per heavy atom. The van der Waals surface area contributed by atoms with E-state index in [1.165, 1.54) is 0 Å². The molecule has 0 bridgehead atoms. The van der Waals surface area contributed by atoms with Gasteiger partial charge in [-0.05, 0) is 13.3 Å². The van der Waals surface area contributed by atoms with E-state index in [-0.39, 0.29) is 19.6 Å². The molecule has 0 aliphatic heterocycles. The van der Waals surface area contributed by atoms with Crippen molar-refractivity contribution >= 4 is 22.0 Å². The van der Waals surface area contributed by atoms with Gasteiger partial charge in [0.15, 0.2) is 0 Å². The van der Waals surface area contributed by atoms with Crippen LogP contribution < -0.4 is 4.72 Å². The van der Waals surface area contributed by atoms with Gasteiger partial charge in [0.05, 0.1) is 24.7 Å². The van der Waals surface area contributed by atoms with Crippen molar-refractivity contribution in [1.82, 2.24) is 4.72 Å². The molecule has 0 rings (SSSR count). The summed E-state index contributed by atoms with van der Waals surface area (Å²) < 4.78 is 29.9. The Balaban J connectivity index is 4.21. The first-order valence-electron chi connectivity index (χ1n) is 6.18. The quantitative estimate of drug-likeness (QED) is 0.563. The van der Waals surface area contributed by atoms with Crippen LogP contribution in [0.5, 0.6) is 0 Å². The number of aliphatic carboxylic acids is 1. The molecule has 0 spiro atoms. The third kappa shape index (κ3) is 8.55. The number of ether oxygens (including phenoxy) is 1. The summed E-state index contributed by atoms with van der Waals surface area (Å²) in [5.74, 6) is -2.77. The van der Waals surface area contributed by atoms with Gasteiger partial charge in [-0.3, -0.25) is 9.59 Å². The highest BCUT2D eigenvalue weighted by molar-refractivity contribution is 7.89. The number of hydrogen-bond acceptors (Lipinski definition) is 5. The molecule has 0 aliphatic carbocycles. The third-order valence-electron chi connectivity index (χ3n) is 2.42. The molecule has 0 saturated heterocycles. The summed E-state index contributed by atoms with van der Waals surface area (Å²) in [5.41, 5.74) is 0. The van der Waals surface area contributed by atoms with E-state index in [0.717, 1.165) is 0 Å². The van der Waals surface area contributed by atoms with Crippen LogP contribution in [-0.4, -0.2) is 44.4 Å². The molecule has 0 radical (unpaired) electrons. The smallest absolute Gasteiger partial charge is 0.307 e. The van der Waals surface area contributed by atoms with Gasteiger partial charge in [-0.25, -0.2) is 13.1 Å². The first-order chi connectivity index (χ1) is 8.82. The highest BCUT2D eigenvalue weighted by atomic mass is 32.2. The number of carbonyl (C=O) groups is 2. The zero-order chi connectivity index (χ0) is 14.9. The van der Waals surface area contributed by atoms with Crippen molar-refractivity contribution in [2.75, 3.05) is 18.9 Å². The normalized spacial score (nSPS) is 12.9. The predicted octanol–water partition coefficient (Wildman–Crippen LogP) is 0.360. The third-order valence-corrected chi connectivity index (χ3v) is 3.76. The molecule has 0 aromatic carbocycles. The zero-order valence-corrected chi connectivity index (χ0v) is 12.0. The minimum atomic E-state index is -3.66. The maximum absolute atomic E-state index is 11.6. The SMILES string of the molecule is CCCC(CNS(=O)(=O)CCC(=O)OCC)C(=O)O. The van der Waals surface area contributed by atoms with Gasteiger partial charge in [0.1, 0.15) is 0 Å². The minimum Gasteiger partial charge on any atom is -0.481 e. The molecule has 0 aromatic rings. The highest BCUT2D eigenvalue weighted by Gasteiger charge is 2.20. The van der Waals surface area contributed by atoms with Gasteiger partial charge >= 0.3 is 11.9 Å². The number of nitrogens with one attached hydrogen (secondary N) is 1. The van der Waals surface area contributed by atoms with Crippen LogP contribution in [0.1, 0.15) is 33.1 Å². The molecule has 112 valence electrons. The fourth-order valence-electron chi connectivity index (χ4n) is 1.41. The summed E-state index contributed by atoms with van der Waals surface area (Å²) >= 11 is 0. The molecule has 0 saturated carbocycles. The Morgan fingerprint density at radius 1 is 1.32 bits per heavy atom. The van der Waals surface area contributed by atoms with E-state index in [9.17, 15) is 18.0 Å². The Labute approximate surface area is 113 Å². The fraction of sp³-hybridized carbons (Fsp3) is 0.818. The van der Waals surface area contributed by atoms with Gasteiger partial charge in [-0.15, -0.1) is 0 Å². The van der Waals surface area contributed by atoms with E-state index >= 15 is 0 Å². The molecule has 1 atom stereocenters. The number of esters is 1. The van der Waals surface area contributed by atoms with Crippen molar-refractivity contribution in [3.8, 4) is 0 Å². The van der Waals surface area contributed by atoms with Crippen LogP contribution in [0.15, 0.2) is 0 Å². The lowest BCUT2D eigenvalue weighted by molar-refractivity contribution is -0.143. The van der Waals surface area contributed by atoms with Crippen LogP contribution in [0.4, 0.5) is 0 Å². The Morgan fingerprint density at radius 3 is 2.42 bits per heavy atom. The molecule has 7 nitrogen and oxygen atoms in total. The topological polar surface area (TPSA) is 110 Å². The minimum absolute atomic E-state index is 0.158. The second-order valence-corrected chi connectivity index (χ2v) is 5.97. The standard InChI is InChI=1S/C11H21NO6S/c1-3-5-9(11(14)15)8-12-19(16,17)7-6-10(13)18-4-2/h9,12H,3-8H2,1-2H3,(H,14,15). The number of hydrogen-bond donors (Lipinski definition) is 2. The van der Waals surface area contributed by atoms with Gasteiger partial charge in [-0.1, -0.05) is 13.3 Å². The van der Waals surface area contributed by atoms with Crippen molar-refractivity contribution in [3.05, 3.63) is 0 Å². The Hall–Kier alpha value is -1.15. The van der Waals surface area contributed by atoms with Crippen LogP contribution in [0.3, 0.4) is 0 Å². The number of rotatable bonds is 10. The second-order valence-electron chi connectivity index (χ2n) is 4.05. The number of carboxylic acids is 1. The van der Waals surface area contributed by atoms with Gasteiger partial charge in [0.2, 0.25) is 10.0 Å². The van der Waals surface area contributed by atoms with Crippen molar-refractivity contribution in [2.45, 2.75) is 33.1 Å². The first kappa shape index (κ1) is 17.8. The van der Waals surface area contributed by atoms with Crippen molar-refractivity contribution in [2.24, 2.45) is 5.92 Å². The van der Waals surface area contributed by atoms with Gasteiger partial charge in [0.25, 0.3) is 0 Å². The molecule has 0 fully saturated rings. The first-order valence-corrected chi connectivity index (χ1v) is 7.83. The van der Waals surface area contributed by atoms with Crippen LogP contribution in [0, 0.1) is 5.92 Å². The summed E-state index contributed by atoms with van der Waals surface area (Å²) in [6, 6.07) is 0. The van der Waals surface area contributed by atoms with Crippen LogP contribution in [0.25, 0.3) is 0 Å². The maximum Gasteiger partial charge on any atom is 0.307 e. The summed E-state index contributed by atoms with van der Waals surface area (Å²) in [6.07, 6.45) is 0.811. The van der Waals surface area contributed by atoms with E-state index < -0.39 is 33.6 Å². The maximum atomic E-state index is 11.6. The van der Waals surface area contributed by atoms with Crippen molar-refractivity contribution in [3.63, 3.8) is 0 Å². The van der Waals surface area contributed by atoms with Crippen LogP contribution in [0.2, 0.25) is 0 Å². The lowest BCUT2D eigenvalue weighted by Crippen LogP contribution is -2.34. The van der Waals surface area contributed by atoms with Crippen LogP contribution in [-0.2, 0) is 24.3 Å². The molecular formula is C11H21NO6S. The molecule has 19 heavy (non-hydrogen) atoms. The second kappa shape index (κ2) is 8.87. The highest BCUT2D eigenvalue weighted by Crippen LogP contribution is 2.06. The summed E-state index contributed by atoms with van der Waals surface area (Å²) in [5, 5.41) is 8.88. The molecule has 2 N–H and O–H groups in total.